The summed E-state index contributed by atoms with van der Waals surface area (Å²) in [4.78, 5) is 12.9. The number of hydrogen-bond donors (Lipinski definition) is 0. The molecule has 1 heterocycles. The summed E-state index contributed by atoms with van der Waals surface area (Å²) in [7, 11) is 3.16. The Hall–Kier alpha value is -3.25. The smallest absolute Gasteiger partial charge is 0.231 e. The van der Waals surface area contributed by atoms with Gasteiger partial charge < -0.3 is 18.9 Å². The Morgan fingerprint density at radius 2 is 1.74 bits per heavy atom. The summed E-state index contributed by atoms with van der Waals surface area (Å²) in [6.07, 6.45) is 1.68. The van der Waals surface area contributed by atoms with Crippen molar-refractivity contribution < 1.29 is 23.7 Å². The standard InChI is InChI=1S/C25H21BrO5/c1-15-21(30-14-16-4-7-18(26)8-5-16)11-10-20-24(27)23(31-25(15)20)12-17-6-9-19(28-2)13-22(17)29-3/h4-13H,14H2,1-3H3/b23-12-. The summed E-state index contributed by atoms with van der Waals surface area (Å²) < 4.78 is 23.6. The largest absolute Gasteiger partial charge is 0.497 e. The first-order valence-corrected chi connectivity index (χ1v) is 10.5. The van der Waals surface area contributed by atoms with Crippen molar-refractivity contribution in [2.45, 2.75) is 13.5 Å². The van der Waals surface area contributed by atoms with Gasteiger partial charge in [-0.1, -0.05) is 28.1 Å². The summed E-state index contributed by atoms with van der Waals surface area (Å²) in [6.45, 7) is 2.31. The molecule has 31 heavy (non-hydrogen) atoms. The van der Waals surface area contributed by atoms with E-state index in [1.165, 1.54) is 0 Å². The first-order valence-electron chi connectivity index (χ1n) is 9.67. The van der Waals surface area contributed by atoms with Crippen LogP contribution in [0.5, 0.6) is 23.0 Å². The van der Waals surface area contributed by atoms with Crippen LogP contribution in [0.25, 0.3) is 6.08 Å². The molecule has 0 bridgehead atoms. The van der Waals surface area contributed by atoms with Gasteiger partial charge in [-0.3, -0.25) is 4.79 Å². The fraction of sp³-hybridized carbons (Fsp3) is 0.160. The summed E-state index contributed by atoms with van der Waals surface area (Å²) in [5, 5.41) is 0. The van der Waals surface area contributed by atoms with Crippen LogP contribution in [-0.2, 0) is 6.61 Å². The average Bonchev–Trinajstić information content (AvgIpc) is 3.11. The molecule has 1 aliphatic rings. The number of ether oxygens (including phenoxy) is 4. The van der Waals surface area contributed by atoms with Crippen LogP contribution in [0, 0.1) is 6.92 Å². The van der Waals surface area contributed by atoms with Crippen molar-refractivity contribution >= 4 is 27.8 Å². The zero-order valence-corrected chi connectivity index (χ0v) is 19.0. The molecular formula is C25H21BrO5. The SMILES string of the molecule is COc1ccc(/C=C2\Oc3c(ccc(OCc4ccc(Br)cc4)c3C)C2=O)c(OC)c1. The molecular weight excluding hydrogens is 460 g/mol. The highest BCUT2D eigenvalue weighted by atomic mass is 79.9. The van der Waals surface area contributed by atoms with Crippen LogP contribution in [0.3, 0.4) is 0 Å². The predicted octanol–water partition coefficient (Wildman–Crippen LogP) is 5.97. The molecule has 5 nitrogen and oxygen atoms in total. The molecule has 0 N–H and O–H groups in total. The molecule has 3 aromatic rings. The highest BCUT2D eigenvalue weighted by Crippen LogP contribution is 2.40. The molecule has 0 fully saturated rings. The number of benzene rings is 3. The molecule has 4 rings (SSSR count). The van der Waals surface area contributed by atoms with Gasteiger partial charge in [0.25, 0.3) is 0 Å². The fourth-order valence-corrected chi connectivity index (χ4v) is 3.61. The van der Waals surface area contributed by atoms with Gasteiger partial charge in [0.15, 0.2) is 5.76 Å². The highest BCUT2D eigenvalue weighted by Gasteiger charge is 2.30. The summed E-state index contributed by atoms with van der Waals surface area (Å²) in [6, 6.07) is 16.9. The van der Waals surface area contributed by atoms with E-state index in [2.05, 4.69) is 15.9 Å². The number of fused-ring (bicyclic) bond motifs is 1. The lowest BCUT2D eigenvalue weighted by atomic mass is 10.1. The highest BCUT2D eigenvalue weighted by molar-refractivity contribution is 9.10. The van der Waals surface area contributed by atoms with E-state index in [1.54, 1.807) is 38.5 Å². The number of allylic oxidation sites excluding steroid dienone is 1. The molecule has 0 saturated heterocycles. The van der Waals surface area contributed by atoms with Crippen molar-refractivity contribution in [2.24, 2.45) is 0 Å². The minimum Gasteiger partial charge on any atom is -0.497 e. The van der Waals surface area contributed by atoms with Gasteiger partial charge in [0.05, 0.1) is 19.8 Å². The second-order valence-corrected chi connectivity index (χ2v) is 7.94. The zero-order valence-electron chi connectivity index (χ0n) is 17.4. The van der Waals surface area contributed by atoms with Gasteiger partial charge in [0.2, 0.25) is 5.78 Å². The van der Waals surface area contributed by atoms with E-state index < -0.39 is 0 Å². The molecule has 3 aromatic carbocycles. The van der Waals surface area contributed by atoms with Crippen LogP contribution in [0.4, 0.5) is 0 Å². The second-order valence-electron chi connectivity index (χ2n) is 7.03. The third-order valence-electron chi connectivity index (χ3n) is 5.07. The Morgan fingerprint density at radius 3 is 2.45 bits per heavy atom. The van der Waals surface area contributed by atoms with E-state index in [-0.39, 0.29) is 11.5 Å². The van der Waals surface area contributed by atoms with Gasteiger partial charge in [-0.2, -0.15) is 0 Å². The summed E-state index contributed by atoms with van der Waals surface area (Å²) in [5.74, 6) is 2.54. The number of carbonyl (C=O) groups excluding carboxylic acids is 1. The van der Waals surface area contributed by atoms with Gasteiger partial charge in [-0.25, -0.2) is 0 Å². The molecule has 0 unspecified atom stereocenters. The van der Waals surface area contributed by atoms with Crippen molar-refractivity contribution in [3.05, 3.63) is 87.1 Å². The van der Waals surface area contributed by atoms with E-state index in [0.717, 1.165) is 21.2 Å². The predicted molar refractivity (Wildman–Crippen MR) is 122 cm³/mol. The molecule has 6 heteroatoms. The van der Waals surface area contributed by atoms with E-state index in [1.807, 2.05) is 43.3 Å². The quantitative estimate of drug-likeness (QED) is 0.406. The lowest BCUT2D eigenvalue weighted by Gasteiger charge is -2.11. The molecule has 158 valence electrons. The van der Waals surface area contributed by atoms with Crippen molar-refractivity contribution in [2.75, 3.05) is 14.2 Å². The van der Waals surface area contributed by atoms with E-state index in [9.17, 15) is 4.79 Å². The van der Waals surface area contributed by atoms with Gasteiger partial charge in [-0.15, -0.1) is 0 Å². The van der Waals surface area contributed by atoms with Crippen LogP contribution >= 0.6 is 15.9 Å². The number of rotatable bonds is 6. The third-order valence-corrected chi connectivity index (χ3v) is 5.60. The Labute approximate surface area is 189 Å². The number of halogens is 1. The minimum absolute atomic E-state index is 0.171. The fourth-order valence-electron chi connectivity index (χ4n) is 3.34. The monoisotopic (exact) mass is 480 g/mol. The maximum Gasteiger partial charge on any atom is 0.231 e. The van der Waals surface area contributed by atoms with Gasteiger partial charge in [0.1, 0.15) is 29.6 Å². The molecule has 0 saturated carbocycles. The maximum atomic E-state index is 12.9. The van der Waals surface area contributed by atoms with Crippen LogP contribution in [-0.4, -0.2) is 20.0 Å². The van der Waals surface area contributed by atoms with Gasteiger partial charge in [-0.05, 0) is 55.0 Å². The third kappa shape index (κ3) is 4.30. The second kappa shape index (κ2) is 8.86. The van der Waals surface area contributed by atoms with Crippen molar-refractivity contribution in [3.8, 4) is 23.0 Å². The van der Waals surface area contributed by atoms with E-state index in [0.29, 0.717) is 35.2 Å². The lowest BCUT2D eigenvalue weighted by Crippen LogP contribution is -1.99. The molecule has 0 spiro atoms. The topological polar surface area (TPSA) is 54.0 Å². The number of carbonyl (C=O) groups is 1. The summed E-state index contributed by atoms with van der Waals surface area (Å²) in [5.41, 5.74) is 3.08. The van der Waals surface area contributed by atoms with Gasteiger partial charge in [0, 0.05) is 21.7 Å². The van der Waals surface area contributed by atoms with E-state index in [4.69, 9.17) is 18.9 Å². The molecule has 0 atom stereocenters. The Kier molecular flexibility index (Phi) is 6.00. The molecule has 1 aliphatic heterocycles. The number of ketones is 1. The lowest BCUT2D eigenvalue weighted by molar-refractivity contribution is 0.101. The van der Waals surface area contributed by atoms with Crippen LogP contribution in [0.2, 0.25) is 0 Å². The van der Waals surface area contributed by atoms with Crippen LogP contribution in [0.15, 0.2) is 64.8 Å². The number of Topliss-reactive ketones (excluding diaryl/α,β-unsaturated/α-hetero) is 1. The van der Waals surface area contributed by atoms with Crippen molar-refractivity contribution in [1.29, 1.82) is 0 Å². The Morgan fingerprint density at radius 1 is 0.968 bits per heavy atom. The van der Waals surface area contributed by atoms with Crippen molar-refractivity contribution in [3.63, 3.8) is 0 Å². The normalized spacial score (nSPS) is 13.7. The average molecular weight is 481 g/mol. The number of hydrogen-bond acceptors (Lipinski definition) is 5. The van der Waals surface area contributed by atoms with Crippen LogP contribution < -0.4 is 18.9 Å². The zero-order chi connectivity index (χ0) is 22.0. The Bertz CT molecular complexity index is 1170. The van der Waals surface area contributed by atoms with Crippen molar-refractivity contribution in [1.82, 2.24) is 0 Å². The van der Waals surface area contributed by atoms with Crippen LogP contribution in [0.1, 0.15) is 27.0 Å². The molecule has 0 radical (unpaired) electrons. The number of methoxy groups -OCH3 is 2. The maximum absolute atomic E-state index is 12.9. The molecule has 0 aromatic heterocycles. The first kappa shape index (κ1) is 21.0. The molecule has 0 aliphatic carbocycles. The minimum atomic E-state index is -0.171. The van der Waals surface area contributed by atoms with Gasteiger partial charge >= 0.3 is 0 Å². The first-order chi connectivity index (χ1) is 15.0. The summed E-state index contributed by atoms with van der Waals surface area (Å²) >= 11 is 3.43. The molecule has 0 amide bonds. The van der Waals surface area contributed by atoms with E-state index >= 15 is 0 Å². The Balaban J connectivity index is 1.58.